The molecule has 0 saturated heterocycles. The molecule has 1 aromatic heterocycles. The van der Waals surface area contributed by atoms with Crippen LogP contribution in [-0.4, -0.2) is 111 Å². The Balaban J connectivity index is 0.919. The van der Waals surface area contributed by atoms with Crippen LogP contribution in [-0.2, 0) is 23.9 Å². The summed E-state index contributed by atoms with van der Waals surface area (Å²) in [6.45, 7) is 2.31. The van der Waals surface area contributed by atoms with E-state index in [0.717, 1.165) is 60.4 Å². The lowest BCUT2D eigenvalue weighted by Gasteiger charge is -2.29. The highest BCUT2D eigenvalue weighted by molar-refractivity contribution is 7.95. The number of unbranched alkanes of at least 4 members (excludes halogenated alkanes) is 4. The fraction of sp³-hybridized carbons (Fsp3) is 0.359. The number of anilines is 1. The van der Waals surface area contributed by atoms with Crippen molar-refractivity contribution in [1.29, 1.82) is 0 Å². The topological polar surface area (TPSA) is 135 Å². The molecular weight excluding hydrogens is 1020 g/mol. The van der Waals surface area contributed by atoms with Gasteiger partial charge in [-0.3, -0.25) is 28.6 Å². The molecule has 1 aliphatic heterocycles. The Morgan fingerprint density at radius 3 is 1.96 bits per heavy atom. The predicted molar refractivity (Wildman–Crippen MR) is 321 cm³/mol. The zero-order valence-corrected chi connectivity index (χ0v) is 46.9. The summed E-state index contributed by atoms with van der Waals surface area (Å²) in [6, 6.07) is 49.9. The summed E-state index contributed by atoms with van der Waals surface area (Å²) in [5.74, 6) is 0.106. The SMILES string of the molecule is CN(C)c1ccc(/C=C2N=C(/C=C/c3cc4ccccc4n3C(=O)CCCC[P+](c3ccccc3)(c3ccccc3)c3ccccc3)N(CC(=O)NC3CCC(C(=O)NCCOCCOCCCCCCCl)CC3)C/2=O)cc1. The maximum atomic E-state index is 14.6. The lowest BCUT2D eigenvalue weighted by Crippen LogP contribution is -2.46. The second kappa shape index (κ2) is 29.3. The van der Waals surface area contributed by atoms with Crippen LogP contribution in [0.25, 0.3) is 23.1 Å². The van der Waals surface area contributed by atoms with Crippen molar-refractivity contribution in [3.8, 4) is 0 Å². The summed E-state index contributed by atoms with van der Waals surface area (Å²) >= 11 is 5.74. The molecule has 78 heavy (non-hydrogen) atoms. The normalized spacial score (nSPS) is 16.2. The predicted octanol–water partition coefficient (Wildman–Crippen LogP) is 10.4. The molecule has 0 unspecified atom stereocenters. The Bertz CT molecular complexity index is 2900. The first-order chi connectivity index (χ1) is 38.1. The van der Waals surface area contributed by atoms with E-state index in [9.17, 15) is 19.2 Å². The number of carbonyl (C=O) groups excluding carboxylic acids is 4. The first-order valence-electron chi connectivity index (χ1n) is 27.7. The monoisotopic (exact) mass is 1090 g/mol. The molecule has 1 fully saturated rings. The summed E-state index contributed by atoms with van der Waals surface area (Å²) < 4.78 is 13.1. The molecule has 8 rings (SSSR count). The summed E-state index contributed by atoms with van der Waals surface area (Å²) in [5, 5.41) is 11.0. The van der Waals surface area contributed by atoms with Gasteiger partial charge in [0.25, 0.3) is 5.91 Å². The van der Waals surface area contributed by atoms with Gasteiger partial charge in [-0.15, -0.1) is 11.6 Å². The molecule has 5 aromatic carbocycles. The molecule has 2 N–H and O–H groups in total. The zero-order chi connectivity index (χ0) is 54.5. The molecule has 0 bridgehead atoms. The van der Waals surface area contributed by atoms with Crippen molar-refractivity contribution in [3.05, 3.63) is 169 Å². The third-order valence-electron chi connectivity index (χ3n) is 14.7. The highest BCUT2D eigenvalue weighted by Crippen LogP contribution is 2.56. The number of amides is 3. The number of halogens is 1. The van der Waals surface area contributed by atoms with E-state index in [1.54, 1.807) is 16.7 Å². The minimum absolute atomic E-state index is 0.00273. The molecule has 2 aliphatic rings. The molecule has 0 radical (unpaired) electrons. The Kier molecular flexibility index (Phi) is 21.6. The Morgan fingerprint density at radius 2 is 1.32 bits per heavy atom. The number of nitrogens with zero attached hydrogens (tertiary/aromatic N) is 4. The van der Waals surface area contributed by atoms with Crippen LogP contribution in [0.5, 0.6) is 0 Å². The lowest BCUT2D eigenvalue weighted by atomic mass is 9.85. The van der Waals surface area contributed by atoms with Crippen LogP contribution in [0.4, 0.5) is 5.69 Å². The van der Waals surface area contributed by atoms with E-state index in [1.165, 1.54) is 20.8 Å². The van der Waals surface area contributed by atoms with Gasteiger partial charge in [0, 0.05) is 68.3 Å². The smallest absolute Gasteiger partial charge is 0.278 e. The first kappa shape index (κ1) is 57.5. The number of hydrogen-bond acceptors (Lipinski definition) is 8. The molecule has 0 atom stereocenters. The van der Waals surface area contributed by atoms with Gasteiger partial charge in [-0.1, -0.05) is 97.8 Å². The van der Waals surface area contributed by atoms with Gasteiger partial charge in [-0.05, 0) is 136 Å². The van der Waals surface area contributed by atoms with Gasteiger partial charge in [0.05, 0.1) is 31.5 Å². The number of ether oxygens (including phenoxy) is 2. The highest BCUT2D eigenvalue weighted by Gasteiger charge is 2.44. The van der Waals surface area contributed by atoms with E-state index in [0.29, 0.717) is 88.9 Å². The van der Waals surface area contributed by atoms with Crippen molar-refractivity contribution in [2.24, 2.45) is 10.9 Å². The Morgan fingerprint density at radius 1 is 0.705 bits per heavy atom. The summed E-state index contributed by atoms with van der Waals surface area (Å²) in [5.41, 5.74) is 3.45. The quantitative estimate of drug-likeness (QED) is 0.0216. The molecule has 1 aliphatic carbocycles. The van der Waals surface area contributed by atoms with Crippen LogP contribution in [0.1, 0.15) is 86.7 Å². The number of nitrogens with one attached hydrogen (secondary N) is 2. The number of amidine groups is 1. The van der Waals surface area contributed by atoms with Gasteiger partial charge in [0.2, 0.25) is 17.7 Å². The molecule has 0 spiro atoms. The Hall–Kier alpha value is -6.69. The van der Waals surface area contributed by atoms with Gasteiger partial charge >= 0.3 is 0 Å². The molecule has 6 aromatic rings. The summed E-state index contributed by atoms with van der Waals surface area (Å²) in [4.78, 5) is 64.0. The minimum atomic E-state index is -2.06. The maximum Gasteiger partial charge on any atom is 0.278 e. The average Bonchev–Trinajstić information content (AvgIpc) is 4.12. The van der Waals surface area contributed by atoms with Crippen molar-refractivity contribution in [1.82, 2.24) is 20.1 Å². The maximum absolute atomic E-state index is 14.6. The largest absolute Gasteiger partial charge is 0.379 e. The number of aliphatic imine (C=N–C) groups is 1. The molecule has 3 amide bonds. The zero-order valence-electron chi connectivity index (χ0n) is 45.2. The summed E-state index contributed by atoms with van der Waals surface area (Å²) in [6.07, 6.45) is 14.9. The number of hydrogen-bond donors (Lipinski definition) is 2. The molecule has 14 heteroatoms. The van der Waals surface area contributed by atoms with Crippen LogP contribution < -0.4 is 31.4 Å². The van der Waals surface area contributed by atoms with Gasteiger partial charge in [-0.2, -0.15) is 0 Å². The highest BCUT2D eigenvalue weighted by atomic mass is 35.5. The second-order valence-electron chi connectivity index (χ2n) is 20.3. The standard InChI is InChI=1S/C64H74ClN6O6P/c1-69(2)53-35-29-49(30-36-53)46-58-64(75)70(48-61(72)67-52-33-31-50(32-34-52)63(74)66-40-42-77-44-43-76-41-18-4-3-17-39-65)60(68-58)38-37-54-47-51-20-14-15-27-59(51)71(54)62(73)28-16-19-45-78(55-21-8-5-9-22-55,56-23-10-6-11-24-56)57-25-12-7-13-26-57/h5-15,20-27,29-30,35-38,46-47,50,52H,3-4,16-19,28,31-34,39-45,48H2,1-2H3,(H-,66,67,72,74)/p+1/b38-37+,58-46+. The van der Waals surface area contributed by atoms with Gasteiger partial charge in [0.15, 0.2) is 0 Å². The van der Waals surface area contributed by atoms with Gasteiger partial charge in [0.1, 0.15) is 41.3 Å². The van der Waals surface area contributed by atoms with Crippen LogP contribution >= 0.6 is 18.9 Å². The van der Waals surface area contributed by atoms with Gasteiger partial charge in [-0.25, -0.2) is 4.99 Å². The van der Waals surface area contributed by atoms with E-state index in [1.807, 2.05) is 79.7 Å². The van der Waals surface area contributed by atoms with E-state index in [-0.39, 0.29) is 41.9 Å². The number of fused-ring (bicyclic) bond motifs is 1. The van der Waals surface area contributed by atoms with Crippen molar-refractivity contribution >= 4 is 93.0 Å². The van der Waals surface area contributed by atoms with E-state index < -0.39 is 13.2 Å². The average molecular weight is 1090 g/mol. The number of benzene rings is 5. The van der Waals surface area contributed by atoms with Crippen LogP contribution in [0, 0.1) is 5.92 Å². The van der Waals surface area contributed by atoms with Crippen molar-refractivity contribution < 1.29 is 28.7 Å². The Labute approximate surface area is 466 Å². The molecule has 12 nitrogen and oxygen atoms in total. The molecule has 2 heterocycles. The number of aromatic nitrogens is 1. The summed E-state index contributed by atoms with van der Waals surface area (Å²) in [7, 11) is 1.88. The first-order valence-corrected chi connectivity index (χ1v) is 30.2. The third-order valence-corrected chi connectivity index (χ3v) is 19.5. The van der Waals surface area contributed by atoms with Gasteiger partial charge < -0.3 is 25.0 Å². The molecule has 408 valence electrons. The van der Waals surface area contributed by atoms with Crippen molar-refractivity contribution in [3.63, 3.8) is 0 Å². The fourth-order valence-corrected chi connectivity index (χ4v) is 15.1. The van der Waals surface area contributed by atoms with E-state index in [2.05, 4.69) is 102 Å². The minimum Gasteiger partial charge on any atom is -0.379 e. The number of carbonyl (C=O) groups is 4. The lowest BCUT2D eigenvalue weighted by molar-refractivity contribution is -0.129. The molecule has 1 saturated carbocycles. The van der Waals surface area contributed by atoms with Crippen LogP contribution in [0.2, 0.25) is 0 Å². The van der Waals surface area contributed by atoms with E-state index >= 15 is 0 Å². The van der Waals surface area contributed by atoms with Crippen LogP contribution in [0.15, 0.2) is 162 Å². The number of alkyl halides is 1. The number of para-hydroxylation sites is 1. The van der Waals surface area contributed by atoms with E-state index in [4.69, 9.17) is 26.1 Å². The van der Waals surface area contributed by atoms with Crippen molar-refractivity contribution in [2.45, 2.75) is 76.7 Å². The molecular formula is C64H75ClN6O6P+. The fourth-order valence-electron chi connectivity index (χ4n) is 10.5. The second-order valence-corrected chi connectivity index (χ2v) is 24.3. The van der Waals surface area contributed by atoms with Crippen molar-refractivity contribution in [2.75, 3.05) is 70.6 Å². The third kappa shape index (κ3) is 15.3. The number of rotatable bonds is 28. The van der Waals surface area contributed by atoms with Crippen LogP contribution in [0.3, 0.4) is 0 Å².